The van der Waals surface area contributed by atoms with Crippen molar-refractivity contribution in [2.45, 2.75) is 11.9 Å². The molecule has 1 aromatic carbocycles. The number of nitrogens with one attached hydrogen (secondary N) is 1. The molecule has 1 fully saturated rings. The number of hydrogen-bond acceptors (Lipinski definition) is 6. The number of carbonyl (C=O) groups is 1. The van der Waals surface area contributed by atoms with Gasteiger partial charge in [0.2, 0.25) is 0 Å². The molecule has 0 amide bonds. The number of benzene rings is 1. The third-order valence-electron chi connectivity index (χ3n) is 2.06. The molecule has 7 heteroatoms. The summed E-state index contributed by atoms with van der Waals surface area (Å²) in [6.07, 6.45) is 0.691. The highest BCUT2D eigenvalue weighted by Gasteiger charge is 2.18. The topological polar surface area (TPSA) is 77.0 Å². The maximum Gasteiger partial charge on any atom is 0.341 e. The van der Waals surface area contributed by atoms with Crippen LogP contribution in [0.3, 0.4) is 0 Å². The van der Waals surface area contributed by atoms with Gasteiger partial charge in [-0.25, -0.2) is 9.08 Å². The van der Waals surface area contributed by atoms with E-state index in [1.807, 2.05) is 12.1 Å². The molecular weight excluding hydrogens is 246 g/mol. The number of aliphatic carboxylic acids is 1. The van der Waals surface area contributed by atoms with Crippen molar-refractivity contribution in [3.8, 4) is 5.75 Å². The van der Waals surface area contributed by atoms with Crippen LogP contribution in [0, 0.1) is 0 Å². The molecule has 0 radical (unpaired) electrons. The summed E-state index contributed by atoms with van der Waals surface area (Å²) in [5.41, 5.74) is 3.28. The van der Waals surface area contributed by atoms with Crippen LogP contribution in [0.5, 0.6) is 5.75 Å². The van der Waals surface area contributed by atoms with Crippen molar-refractivity contribution in [1.82, 2.24) is 5.64 Å². The van der Waals surface area contributed by atoms with Crippen molar-refractivity contribution >= 4 is 18.0 Å². The molecule has 2 N–H and O–H groups in total. The first kappa shape index (κ1) is 12.2. The van der Waals surface area contributed by atoms with E-state index >= 15 is 0 Å². The first-order valence-electron chi connectivity index (χ1n) is 4.90. The first-order chi connectivity index (χ1) is 8.24. The van der Waals surface area contributed by atoms with Gasteiger partial charge >= 0.3 is 5.97 Å². The molecule has 1 aliphatic heterocycles. The smallest absolute Gasteiger partial charge is 0.341 e. The van der Waals surface area contributed by atoms with Gasteiger partial charge in [-0.1, -0.05) is 17.8 Å². The second-order valence-corrected chi connectivity index (χ2v) is 4.23. The van der Waals surface area contributed by atoms with E-state index in [0.717, 1.165) is 5.56 Å². The third-order valence-corrected chi connectivity index (χ3v) is 2.70. The fraction of sp³-hybridized carbons (Fsp3) is 0.300. The summed E-state index contributed by atoms with van der Waals surface area (Å²) < 4.78 is 9.79. The predicted molar refractivity (Wildman–Crippen MR) is 60.0 cm³/mol. The summed E-state index contributed by atoms with van der Waals surface area (Å²) in [4.78, 5) is 15.4. The molecule has 1 aliphatic rings. The van der Waals surface area contributed by atoms with E-state index in [4.69, 9.17) is 19.0 Å². The third kappa shape index (κ3) is 3.90. The van der Waals surface area contributed by atoms with Crippen molar-refractivity contribution < 1.29 is 23.8 Å². The van der Waals surface area contributed by atoms with Crippen molar-refractivity contribution in [2.75, 3.05) is 6.61 Å². The number of carboxylic acid groups (broad SMARTS) is 1. The molecular formula is C10H11NO5S. The molecule has 92 valence electrons. The van der Waals surface area contributed by atoms with Gasteiger partial charge in [-0.15, -0.1) is 0 Å². The molecule has 6 nitrogen and oxygen atoms in total. The zero-order valence-electron chi connectivity index (χ0n) is 8.79. The number of carboxylic acids is 1. The summed E-state index contributed by atoms with van der Waals surface area (Å²) >= 11 is 1.21. The molecule has 0 saturated carbocycles. The van der Waals surface area contributed by atoms with Gasteiger partial charge in [-0.3, -0.25) is 4.84 Å². The number of hydrogen-bond donors (Lipinski definition) is 2. The number of rotatable bonds is 5. The Labute approximate surface area is 102 Å². The van der Waals surface area contributed by atoms with Crippen LogP contribution in [0.1, 0.15) is 5.56 Å². The summed E-state index contributed by atoms with van der Waals surface area (Å²) in [7, 11) is 0. The average molecular weight is 257 g/mol. The molecule has 1 saturated heterocycles. The fourth-order valence-corrected chi connectivity index (χ4v) is 1.83. The van der Waals surface area contributed by atoms with Gasteiger partial charge in [-0.2, -0.15) is 0 Å². The van der Waals surface area contributed by atoms with E-state index in [1.54, 1.807) is 12.1 Å². The van der Waals surface area contributed by atoms with Crippen LogP contribution in [0.4, 0.5) is 0 Å². The largest absolute Gasteiger partial charge is 0.482 e. The summed E-state index contributed by atoms with van der Waals surface area (Å²) in [6, 6.07) is 7.18. The van der Waals surface area contributed by atoms with E-state index < -0.39 is 5.97 Å². The van der Waals surface area contributed by atoms with Crippen LogP contribution in [0.25, 0.3) is 0 Å². The molecule has 0 bridgehead atoms. The highest BCUT2D eigenvalue weighted by Crippen LogP contribution is 2.23. The quantitative estimate of drug-likeness (QED) is 0.766. The highest BCUT2D eigenvalue weighted by atomic mass is 32.2. The van der Waals surface area contributed by atoms with Crippen LogP contribution in [-0.4, -0.2) is 23.1 Å². The standard InChI is InChI=1S/C10H11NO5S/c12-9(13)6-14-8-3-1-7(2-4-8)5-10-15-11-16-17-10/h1-4,10-11H,5-6H2,(H,12,13). The Morgan fingerprint density at radius 2 is 2.24 bits per heavy atom. The maximum absolute atomic E-state index is 10.3. The van der Waals surface area contributed by atoms with Gasteiger partial charge in [-0.05, 0) is 17.7 Å². The maximum atomic E-state index is 10.3. The second-order valence-electron chi connectivity index (χ2n) is 3.34. The van der Waals surface area contributed by atoms with Crippen molar-refractivity contribution in [1.29, 1.82) is 0 Å². The molecule has 0 spiro atoms. The van der Waals surface area contributed by atoms with Gasteiger partial charge in [0.15, 0.2) is 12.0 Å². The molecule has 1 unspecified atom stereocenters. The molecule has 1 heterocycles. The summed E-state index contributed by atoms with van der Waals surface area (Å²) in [5, 5.41) is 8.45. The Bertz CT molecular complexity index is 377. The molecule has 2 rings (SSSR count). The Morgan fingerprint density at radius 3 is 2.82 bits per heavy atom. The molecule has 0 aliphatic carbocycles. The lowest BCUT2D eigenvalue weighted by Gasteiger charge is -2.06. The van der Waals surface area contributed by atoms with E-state index in [2.05, 4.69) is 5.64 Å². The molecule has 1 aromatic rings. The van der Waals surface area contributed by atoms with Gasteiger partial charge < -0.3 is 9.84 Å². The van der Waals surface area contributed by atoms with E-state index in [9.17, 15) is 4.79 Å². The van der Waals surface area contributed by atoms with Crippen molar-refractivity contribution in [3.05, 3.63) is 29.8 Å². The van der Waals surface area contributed by atoms with Crippen LogP contribution in [0.2, 0.25) is 0 Å². The number of ether oxygens (including phenoxy) is 1. The normalized spacial score (nSPS) is 19.2. The van der Waals surface area contributed by atoms with Gasteiger partial charge in [0.05, 0.1) is 12.0 Å². The van der Waals surface area contributed by atoms with Gasteiger partial charge in [0.25, 0.3) is 0 Å². The minimum absolute atomic E-state index is 0.0826. The lowest BCUT2D eigenvalue weighted by atomic mass is 10.1. The van der Waals surface area contributed by atoms with Crippen molar-refractivity contribution in [3.63, 3.8) is 0 Å². The minimum Gasteiger partial charge on any atom is -0.482 e. The zero-order valence-corrected chi connectivity index (χ0v) is 9.61. The van der Waals surface area contributed by atoms with Gasteiger partial charge in [0.1, 0.15) is 5.75 Å². The van der Waals surface area contributed by atoms with Crippen LogP contribution < -0.4 is 10.4 Å². The molecule has 17 heavy (non-hydrogen) atoms. The lowest BCUT2D eigenvalue weighted by Crippen LogP contribution is -2.11. The van der Waals surface area contributed by atoms with Gasteiger partial charge in [0, 0.05) is 6.42 Å². The fourth-order valence-electron chi connectivity index (χ4n) is 1.30. The molecule has 1 atom stereocenters. The van der Waals surface area contributed by atoms with E-state index in [0.29, 0.717) is 12.2 Å². The first-order valence-corrected chi connectivity index (χ1v) is 5.71. The SMILES string of the molecule is O=C(O)COc1ccc(CC2ONOS2)cc1. The lowest BCUT2D eigenvalue weighted by molar-refractivity contribution is -0.139. The summed E-state index contributed by atoms with van der Waals surface area (Å²) in [6.45, 7) is -0.335. The average Bonchev–Trinajstić information content (AvgIpc) is 2.81. The predicted octanol–water partition coefficient (Wildman–Crippen LogP) is 1.13. The van der Waals surface area contributed by atoms with Crippen LogP contribution in [-0.2, 0) is 20.3 Å². The minimum atomic E-state index is -0.993. The monoisotopic (exact) mass is 257 g/mol. The van der Waals surface area contributed by atoms with E-state index in [1.165, 1.54) is 12.0 Å². The highest BCUT2D eigenvalue weighted by molar-refractivity contribution is 7.95. The van der Waals surface area contributed by atoms with Crippen molar-refractivity contribution in [2.24, 2.45) is 0 Å². The summed E-state index contributed by atoms with van der Waals surface area (Å²) in [5.74, 6) is -0.460. The Morgan fingerprint density at radius 1 is 1.47 bits per heavy atom. The Hall–Kier alpha value is -1.28. The Kier molecular flexibility index (Phi) is 4.21. The molecule has 0 aromatic heterocycles. The zero-order chi connectivity index (χ0) is 12.1. The van der Waals surface area contributed by atoms with E-state index in [-0.39, 0.29) is 12.0 Å². The Balaban J connectivity index is 1.86. The van der Waals surface area contributed by atoms with Crippen LogP contribution >= 0.6 is 12.0 Å². The van der Waals surface area contributed by atoms with Crippen LogP contribution in [0.15, 0.2) is 24.3 Å². The second kappa shape index (κ2) is 5.87.